The summed E-state index contributed by atoms with van der Waals surface area (Å²) in [4.78, 5) is 13.6. The van der Waals surface area contributed by atoms with Crippen LogP contribution in [0.5, 0.6) is 0 Å². The van der Waals surface area contributed by atoms with Crippen molar-refractivity contribution in [2.75, 3.05) is 0 Å². The normalized spacial score (nSPS) is 11.8. The zero-order chi connectivity index (χ0) is 16.8. The first-order valence-corrected chi connectivity index (χ1v) is 7.80. The smallest absolute Gasteiger partial charge is 0.212 e. The van der Waals surface area contributed by atoms with Crippen molar-refractivity contribution in [1.82, 2.24) is 4.98 Å². The Kier molecular flexibility index (Phi) is 3.48. The molecule has 8 heteroatoms. The number of halogens is 3. The van der Waals surface area contributed by atoms with Crippen molar-refractivity contribution in [3.63, 3.8) is 0 Å². The van der Waals surface area contributed by atoms with E-state index < -0.39 is 42.5 Å². The van der Waals surface area contributed by atoms with Crippen LogP contribution in [-0.2, 0) is 9.84 Å². The maximum Gasteiger partial charge on any atom is 0.212 e. The summed E-state index contributed by atoms with van der Waals surface area (Å²) in [5, 5.41) is -0.0324. The third-order valence-electron chi connectivity index (χ3n) is 3.30. The molecule has 0 aliphatic carbocycles. The van der Waals surface area contributed by atoms with Crippen LogP contribution in [0.2, 0.25) is 0 Å². The van der Waals surface area contributed by atoms with Crippen LogP contribution in [0, 0.1) is 17.5 Å². The molecule has 0 fully saturated rings. The molecule has 0 amide bonds. The van der Waals surface area contributed by atoms with Gasteiger partial charge in [-0.25, -0.2) is 21.6 Å². The number of hydrogen-bond acceptors (Lipinski definition) is 3. The van der Waals surface area contributed by atoms with Gasteiger partial charge < -0.3 is 4.98 Å². The van der Waals surface area contributed by atoms with Crippen molar-refractivity contribution < 1.29 is 21.6 Å². The number of aromatic amines is 1. The fourth-order valence-electron chi connectivity index (χ4n) is 2.15. The van der Waals surface area contributed by atoms with Gasteiger partial charge in [0.05, 0.1) is 10.4 Å². The first-order chi connectivity index (χ1) is 10.8. The molecule has 3 rings (SSSR count). The highest BCUT2D eigenvalue weighted by Crippen LogP contribution is 2.21. The van der Waals surface area contributed by atoms with Crippen molar-refractivity contribution >= 4 is 20.7 Å². The molecule has 0 atom stereocenters. The Labute approximate surface area is 128 Å². The summed E-state index contributed by atoms with van der Waals surface area (Å²) in [5.41, 5.74) is -0.734. The molecule has 1 aromatic heterocycles. The van der Waals surface area contributed by atoms with Gasteiger partial charge in [0.15, 0.2) is 11.6 Å². The van der Waals surface area contributed by atoms with Gasteiger partial charge in [0.25, 0.3) is 0 Å². The fraction of sp³-hybridized carbons (Fsp3) is 0. The molecule has 1 N–H and O–H groups in total. The van der Waals surface area contributed by atoms with E-state index in [1.165, 1.54) is 0 Å². The predicted molar refractivity (Wildman–Crippen MR) is 76.3 cm³/mol. The van der Waals surface area contributed by atoms with E-state index in [0.29, 0.717) is 12.1 Å². The molecule has 23 heavy (non-hydrogen) atoms. The number of sulfone groups is 1. The van der Waals surface area contributed by atoms with Crippen molar-refractivity contribution in [3.8, 4) is 0 Å². The minimum Gasteiger partial charge on any atom is -0.360 e. The SMILES string of the molecule is O=c1c(S(=O)(=O)c2ccc(F)c(F)c2)c[nH]c2cc(F)ccc12. The molecule has 0 unspecified atom stereocenters. The van der Waals surface area contributed by atoms with E-state index in [-0.39, 0.29) is 10.9 Å². The van der Waals surface area contributed by atoms with Gasteiger partial charge in [0.2, 0.25) is 15.3 Å². The monoisotopic (exact) mass is 339 g/mol. The molecule has 1 heterocycles. The van der Waals surface area contributed by atoms with Gasteiger partial charge in [-0.3, -0.25) is 4.79 Å². The standard InChI is InChI=1S/C15H8F3NO3S/c16-8-1-3-10-13(5-8)19-7-14(15(10)20)23(21,22)9-2-4-11(17)12(18)6-9/h1-7H,(H,19,20). The maximum atomic E-state index is 13.3. The highest BCUT2D eigenvalue weighted by molar-refractivity contribution is 7.91. The number of hydrogen-bond donors (Lipinski definition) is 1. The first-order valence-electron chi connectivity index (χ1n) is 6.32. The molecule has 0 spiro atoms. The summed E-state index contributed by atoms with van der Waals surface area (Å²) in [5.74, 6) is -3.14. The summed E-state index contributed by atoms with van der Waals surface area (Å²) >= 11 is 0. The number of pyridine rings is 1. The molecule has 4 nitrogen and oxygen atoms in total. The van der Waals surface area contributed by atoms with E-state index in [1.54, 1.807) is 0 Å². The van der Waals surface area contributed by atoms with E-state index in [4.69, 9.17) is 0 Å². The van der Waals surface area contributed by atoms with E-state index in [0.717, 1.165) is 30.5 Å². The molecular weight excluding hydrogens is 331 g/mol. The van der Waals surface area contributed by atoms with Crippen LogP contribution in [0.3, 0.4) is 0 Å². The maximum absolute atomic E-state index is 13.3. The minimum absolute atomic E-state index is 0.0324. The third-order valence-corrected chi connectivity index (χ3v) is 5.06. The lowest BCUT2D eigenvalue weighted by atomic mass is 10.2. The molecule has 0 radical (unpaired) electrons. The number of benzene rings is 2. The number of nitrogens with one attached hydrogen (secondary N) is 1. The van der Waals surface area contributed by atoms with Crippen molar-refractivity contribution in [2.45, 2.75) is 9.79 Å². The molecule has 118 valence electrons. The number of rotatable bonds is 2. The van der Waals surface area contributed by atoms with Crippen LogP contribution >= 0.6 is 0 Å². The summed E-state index contributed by atoms with van der Waals surface area (Å²) in [6.07, 6.45) is 0.903. The Morgan fingerprint density at radius 2 is 1.65 bits per heavy atom. The summed E-state index contributed by atoms with van der Waals surface area (Å²) in [7, 11) is -4.35. The Morgan fingerprint density at radius 3 is 2.35 bits per heavy atom. The summed E-state index contributed by atoms with van der Waals surface area (Å²) < 4.78 is 64.2. The number of H-pyrrole nitrogens is 1. The van der Waals surface area contributed by atoms with E-state index in [1.807, 2.05) is 0 Å². The van der Waals surface area contributed by atoms with Gasteiger partial charge in [-0.05, 0) is 36.4 Å². The largest absolute Gasteiger partial charge is 0.360 e. The van der Waals surface area contributed by atoms with Crippen molar-refractivity contribution in [1.29, 1.82) is 0 Å². The van der Waals surface area contributed by atoms with E-state index >= 15 is 0 Å². The molecule has 0 saturated heterocycles. The molecule has 3 aromatic rings. The van der Waals surface area contributed by atoms with Gasteiger partial charge in [-0.15, -0.1) is 0 Å². The molecular formula is C15H8F3NO3S. The molecule has 0 aliphatic rings. The van der Waals surface area contributed by atoms with Crippen LogP contribution in [0.1, 0.15) is 0 Å². The Hall–Kier alpha value is -2.61. The second kappa shape index (κ2) is 5.24. The second-order valence-corrected chi connectivity index (χ2v) is 6.67. The number of aromatic nitrogens is 1. The highest BCUT2D eigenvalue weighted by atomic mass is 32.2. The van der Waals surface area contributed by atoms with E-state index in [9.17, 15) is 26.4 Å². The zero-order valence-electron chi connectivity index (χ0n) is 11.3. The highest BCUT2D eigenvalue weighted by Gasteiger charge is 2.23. The summed E-state index contributed by atoms with van der Waals surface area (Å²) in [6, 6.07) is 5.23. The van der Waals surface area contributed by atoms with Crippen molar-refractivity contribution in [2.24, 2.45) is 0 Å². The quantitative estimate of drug-likeness (QED) is 0.730. The lowest BCUT2D eigenvalue weighted by molar-refractivity contribution is 0.504. The van der Waals surface area contributed by atoms with Gasteiger partial charge in [0.1, 0.15) is 10.7 Å². The fourth-order valence-corrected chi connectivity index (χ4v) is 3.47. The Balaban J connectivity index is 2.26. The topological polar surface area (TPSA) is 67.0 Å². The molecule has 0 saturated carbocycles. The average Bonchev–Trinajstić information content (AvgIpc) is 2.49. The Bertz CT molecular complexity index is 1090. The second-order valence-electron chi connectivity index (χ2n) is 4.75. The lowest BCUT2D eigenvalue weighted by Gasteiger charge is -2.06. The first kappa shape index (κ1) is 15.3. The van der Waals surface area contributed by atoms with Crippen LogP contribution in [0.25, 0.3) is 10.9 Å². The van der Waals surface area contributed by atoms with E-state index in [2.05, 4.69) is 4.98 Å². The van der Waals surface area contributed by atoms with Gasteiger partial charge in [-0.1, -0.05) is 0 Å². The lowest BCUT2D eigenvalue weighted by Crippen LogP contribution is -2.16. The molecule has 0 aliphatic heterocycles. The average molecular weight is 339 g/mol. The predicted octanol–water partition coefficient (Wildman–Crippen LogP) is 2.78. The number of fused-ring (bicyclic) bond motifs is 1. The minimum atomic E-state index is -4.35. The molecule has 2 aromatic carbocycles. The molecule has 0 bridgehead atoms. The van der Waals surface area contributed by atoms with Crippen LogP contribution in [0.15, 0.2) is 57.2 Å². The third kappa shape index (κ3) is 2.50. The van der Waals surface area contributed by atoms with Crippen LogP contribution in [-0.4, -0.2) is 13.4 Å². The van der Waals surface area contributed by atoms with Gasteiger partial charge >= 0.3 is 0 Å². The van der Waals surface area contributed by atoms with Crippen molar-refractivity contribution in [3.05, 3.63) is 70.3 Å². The van der Waals surface area contributed by atoms with Crippen LogP contribution in [0.4, 0.5) is 13.2 Å². The summed E-state index contributed by atoms with van der Waals surface area (Å²) in [6.45, 7) is 0. The Morgan fingerprint density at radius 1 is 0.913 bits per heavy atom. The zero-order valence-corrected chi connectivity index (χ0v) is 12.1. The van der Waals surface area contributed by atoms with Gasteiger partial charge in [-0.2, -0.15) is 0 Å². The van der Waals surface area contributed by atoms with Crippen LogP contribution < -0.4 is 5.43 Å². The van der Waals surface area contributed by atoms with Gasteiger partial charge in [0, 0.05) is 11.6 Å².